The molecule has 6 heteroatoms. The number of urea groups is 1. The van der Waals surface area contributed by atoms with Gasteiger partial charge in [-0.1, -0.05) is 18.2 Å². The highest BCUT2D eigenvalue weighted by Crippen LogP contribution is 2.31. The maximum atomic E-state index is 12.0. The highest BCUT2D eigenvalue weighted by Gasteiger charge is 2.49. The average Bonchev–Trinajstić information content (AvgIpc) is 2.70. The second-order valence-corrected chi connectivity index (χ2v) is 7.01. The molecule has 0 radical (unpaired) electrons. The molecule has 1 N–H and O–H groups in total. The number of nitrogens with zero attached hydrogens (tertiary/aromatic N) is 1. The maximum Gasteiger partial charge on any atom is 0.322 e. The third-order valence-corrected chi connectivity index (χ3v) is 5.27. The highest BCUT2D eigenvalue weighted by molar-refractivity contribution is 7.91. The predicted octanol–water partition coefficient (Wildman–Crippen LogP) is 0.690. The molecule has 0 aromatic heterocycles. The van der Waals surface area contributed by atoms with E-state index >= 15 is 0 Å². The highest BCUT2D eigenvalue weighted by atomic mass is 32.2. The Labute approximate surface area is 106 Å². The van der Waals surface area contributed by atoms with E-state index in [-0.39, 0.29) is 29.6 Å². The van der Waals surface area contributed by atoms with Gasteiger partial charge in [0.05, 0.1) is 23.6 Å². The lowest BCUT2D eigenvalue weighted by Crippen LogP contribution is -2.37. The lowest BCUT2D eigenvalue weighted by Gasteiger charge is -2.23. The molecule has 1 aromatic rings. The summed E-state index contributed by atoms with van der Waals surface area (Å²) in [5.41, 5.74) is 1.76. The Morgan fingerprint density at radius 1 is 1.28 bits per heavy atom. The standard InChI is InChI=1S/C12H14N2O3S/c1-8-4-2-3-5-10(8)14-11-7-18(16,17)6-9(11)13-12(14)15/h2-5,9,11H,6-7H2,1H3,(H,13,15). The zero-order valence-electron chi connectivity index (χ0n) is 9.96. The van der Waals surface area contributed by atoms with Gasteiger partial charge in [-0.2, -0.15) is 0 Å². The number of aryl methyl sites for hydroxylation is 1. The van der Waals surface area contributed by atoms with Gasteiger partial charge in [-0.15, -0.1) is 0 Å². The van der Waals surface area contributed by atoms with Crippen molar-refractivity contribution < 1.29 is 13.2 Å². The van der Waals surface area contributed by atoms with Crippen LogP contribution in [0.25, 0.3) is 0 Å². The van der Waals surface area contributed by atoms with Gasteiger partial charge in [0.1, 0.15) is 0 Å². The van der Waals surface area contributed by atoms with Crippen LogP contribution in [0.3, 0.4) is 0 Å². The van der Waals surface area contributed by atoms with Gasteiger partial charge in [0.15, 0.2) is 9.84 Å². The van der Waals surface area contributed by atoms with E-state index in [0.29, 0.717) is 0 Å². The first-order valence-electron chi connectivity index (χ1n) is 5.84. The first kappa shape index (κ1) is 11.5. The number of carbonyl (C=O) groups excluding carboxylic acids is 1. The molecule has 2 aliphatic rings. The van der Waals surface area contributed by atoms with Gasteiger partial charge in [0, 0.05) is 5.69 Å². The SMILES string of the molecule is Cc1ccccc1N1C(=O)NC2CS(=O)(=O)CC21. The monoisotopic (exact) mass is 266 g/mol. The summed E-state index contributed by atoms with van der Waals surface area (Å²) in [6, 6.07) is 6.77. The van der Waals surface area contributed by atoms with Crippen LogP contribution in [0.2, 0.25) is 0 Å². The summed E-state index contributed by atoms with van der Waals surface area (Å²) in [7, 11) is -3.04. The number of sulfone groups is 1. The average molecular weight is 266 g/mol. The summed E-state index contributed by atoms with van der Waals surface area (Å²) >= 11 is 0. The van der Waals surface area contributed by atoms with Crippen molar-refractivity contribution in [1.29, 1.82) is 0 Å². The molecule has 2 atom stereocenters. The van der Waals surface area contributed by atoms with Crippen LogP contribution >= 0.6 is 0 Å². The van der Waals surface area contributed by atoms with E-state index in [1.807, 2.05) is 31.2 Å². The van der Waals surface area contributed by atoms with Crippen molar-refractivity contribution in [3.05, 3.63) is 29.8 Å². The Morgan fingerprint density at radius 2 is 2.00 bits per heavy atom. The number of fused-ring (bicyclic) bond motifs is 1. The fourth-order valence-corrected chi connectivity index (χ4v) is 4.61. The minimum atomic E-state index is -3.04. The molecule has 18 heavy (non-hydrogen) atoms. The molecule has 2 fully saturated rings. The number of benzene rings is 1. The number of amides is 2. The molecular formula is C12H14N2O3S. The van der Waals surface area contributed by atoms with Gasteiger partial charge in [-0.25, -0.2) is 13.2 Å². The zero-order valence-corrected chi connectivity index (χ0v) is 10.8. The Hall–Kier alpha value is -1.56. The van der Waals surface area contributed by atoms with E-state index in [1.54, 1.807) is 4.90 Å². The summed E-state index contributed by atoms with van der Waals surface area (Å²) < 4.78 is 23.3. The molecule has 0 aliphatic carbocycles. The molecule has 1 aromatic carbocycles. The molecule has 0 bridgehead atoms. The second-order valence-electron chi connectivity index (χ2n) is 4.86. The van der Waals surface area contributed by atoms with Crippen molar-refractivity contribution in [2.75, 3.05) is 16.4 Å². The minimum absolute atomic E-state index is 0.0464. The molecule has 5 nitrogen and oxygen atoms in total. The molecule has 0 saturated carbocycles. The summed E-state index contributed by atoms with van der Waals surface area (Å²) in [5.74, 6) is 0.0938. The number of para-hydroxylation sites is 1. The molecular weight excluding hydrogens is 252 g/mol. The van der Waals surface area contributed by atoms with Gasteiger partial charge in [0.2, 0.25) is 0 Å². The quantitative estimate of drug-likeness (QED) is 0.761. The Bertz CT molecular complexity index is 612. The molecule has 2 unspecified atom stereocenters. The molecule has 3 rings (SSSR count). The van der Waals surface area contributed by atoms with E-state index in [1.165, 1.54) is 0 Å². The molecule has 96 valence electrons. The number of nitrogens with one attached hydrogen (secondary N) is 1. The Kier molecular flexibility index (Phi) is 2.38. The maximum absolute atomic E-state index is 12.0. The van der Waals surface area contributed by atoms with Crippen molar-refractivity contribution in [2.45, 2.75) is 19.0 Å². The lowest BCUT2D eigenvalue weighted by atomic mass is 10.1. The van der Waals surface area contributed by atoms with E-state index in [0.717, 1.165) is 11.3 Å². The Balaban J connectivity index is 2.02. The molecule has 2 heterocycles. The van der Waals surface area contributed by atoms with Crippen LogP contribution in [0.5, 0.6) is 0 Å². The number of anilines is 1. The van der Waals surface area contributed by atoms with Crippen molar-refractivity contribution in [3.8, 4) is 0 Å². The molecule has 2 amide bonds. The predicted molar refractivity (Wildman–Crippen MR) is 68.4 cm³/mol. The van der Waals surface area contributed by atoms with Gasteiger partial charge in [-0.3, -0.25) is 4.90 Å². The van der Waals surface area contributed by atoms with Crippen molar-refractivity contribution in [2.24, 2.45) is 0 Å². The van der Waals surface area contributed by atoms with Crippen LogP contribution in [0, 0.1) is 6.92 Å². The van der Waals surface area contributed by atoms with E-state index in [9.17, 15) is 13.2 Å². The zero-order chi connectivity index (χ0) is 12.9. The van der Waals surface area contributed by atoms with Crippen molar-refractivity contribution >= 4 is 21.6 Å². The van der Waals surface area contributed by atoms with Crippen LogP contribution in [-0.4, -0.2) is 38.0 Å². The van der Waals surface area contributed by atoms with Crippen molar-refractivity contribution in [1.82, 2.24) is 5.32 Å². The number of rotatable bonds is 1. The fraction of sp³-hybridized carbons (Fsp3) is 0.417. The Morgan fingerprint density at radius 3 is 2.72 bits per heavy atom. The largest absolute Gasteiger partial charge is 0.332 e. The second kappa shape index (κ2) is 3.71. The van der Waals surface area contributed by atoms with Crippen LogP contribution in [0.1, 0.15) is 5.56 Å². The first-order chi connectivity index (χ1) is 8.48. The summed E-state index contributed by atoms with van der Waals surface area (Å²) in [5, 5.41) is 2.76. The first-order valence-corrected chi connectivity index (χ1v) is 7.66. The van der Waals surface area contributed by atoms with E-state index < -0.39 is 9.84 Å². The minimum Gasteiger partial charge on any atom is -0.332 e. The summed E-state index contributed by atoms with van der Waals surface area (Å²) in [6.45, 7) is 1.92. The molecule has 0 spiro atoms. The van der Waals surface area contributed by atoms with Gasteiger partial charge in [-0.05, 0) is 18.6 Å². The van der Waals surface area contributed by atoms with Gasteiger partial charge < -0.3 is 5.32 Å². The normalized spacial score (nSPS) is 29.2. The molecule has 2 saturated heterocycles. The van der Waals surface area contributed by atoms with Crippen LogP contribution < -0.4 is 10.2 Å². The summed E-state index contributed by atoms with van der Waals surface area (Å²) in [6.07, 6.45) is 0. The number of hydrogen-bond acceptors (Lipinski definition) is 3. The lowest BCUT2D eigenvalue weighted by molar-refractivity contribution is 0.251. The van der Waals surface area contributed by atoms with Crippen molar-refractivity contribution in [3.63, 3.8) is 0 Å². The topological polar surface area (TPSA) is 66.5 Å². The third kappa shape index (κ3) is 1.68. The van der Waals surface area contributed by atoms with Crippen LogP contribution in [0.15, 0.2) is 24.3 Å². The number of carbonyl (C=O) groups is 1. The fourth-order valence-electron chi connectivity index (χ4n) is 2.72. The summed E-state index contributed by atoms with van der Waals surface area (Å²) in [4.78, 5) is 13.6. The van der Waals surface area contributed by atoms with E-state index in [4.69, 9.17) is 0 Å². The third-order valence-electron chi connectivity index (χ3n) is 3.56. The molecule has 2 aliphatic heterocycles. The van der Waals surface area contributed by atoms with E-state index in [2.05, 4.69) is 5.32 Å². The van der Waals surface area contributed by atoms with Crippen LogP contribution in [-0.2, 0) is 9.84 Å². The van der Waals surface area contributed by atoms with Gasteiger partial charge >= 0.3 is 6.03 Å². The van der Waals surface area contributed by atoms with Crippen LogP contribution in [0.4, 0.5) is 10.5 Å². The number of hydrogen-bond donors (Lipinski definition) is 1. The van der Waals surface area contributed by atoms with Gasteiger partial charge in [0.25, 0.3) is 0 Å². The smallest absolute Gasteiger partial charge is 0.322 e.